The van der Waals surface area contributed by atoms with E-state index in [0.717, 1.165) is 98.7 Å². The number of nitro groups is 1. The topological polar surface area (TPSA) is 215 Å². The van der Waals surface area contributed by atoms with E-state index in [0.29, 0.717) is 73.9 Å². The van der Waals surface area contributed by atoms with Crippen molar-refractivity contribution in [3.8, 4) is 17.4 Å². The summed E-state index contributed by atoms with van der Waals surface area (Å²) in [5.74, 6) is -1.32. The molecule has 9 heterocycles. The summed E-state index contributed by atoms with van der Waals surface area (Å²) >= 11 is 0. The van der Waals surface area contributed by atoms with Crippen LogP contribution >= 0.6 is 0 Å². The van der Waals surface area contributed by atoms with E-state index in [2.05, 4.69) is 46.8 Å². The Morgan fingerprint density at radius 2 is 1.67 bits per heavy atom. The molecule has 1 spiro atoms. The molecule has 1 saturated carbocycles. The summed E-state index contributed by atoms with van der Waals surface area (Å²) in [7, 11) is -4.74. The summed E-state index contributed by atoms with van der Waals surface area (Å²) in [6.45, 7) is 10.3. The van der Waals surface area contributed by atoms with Crippen molar-refractivity contribution in [1.82, 2.24) is 24.5 Å². The molecule has 0 bridgehead atoms. The quantitative estimate of drug-likeness (QED) is 0.0768. The lowest BCUT2D eigenvalue weighted by atomic mass is 9.59. The van der Waals surface area contributed by atoms with Crippen LogP contribution in [0.3, 0.4) is 0 Å². The van der Waals surface area contributed by atoms with Crippen molar-refractivity contribution in [2.45, 2.75) is 113 Å². The maximum absolute atomic E-state index is 15.0. The molecule has 5 atom stereocenters. The number of carbonyl (C=O) groups is 1. The summed E-state index contributed by atoms with van der Waals surface area (Å²) < 4.78 is 97.1. The Morgan fingerprint density at radius 1 is 0.871 bits per heavy atom. The Bertz CT molecular complexity index is 3680. The number of piperidine rings is 1. The molecule has 20 nitrogen and oxygen atoms in total. The average molecular weight is 1190 g/mol. The maximum atomic E-state index is 15.0. The molecule has 4 aromatic carbocycles. The first kappa shape index (κ1) is 55.7. The number of sulfonamides is 1. The number of pyridine rings is 1. The standard InChI is InChI=1S/C62H69F2N9O11S/c1-36(2)83-55-6-4-3-5-43(55)53-31-70(54-34-81-32-39-23-46(63)47(64)28-45(39)54)18-19-71(53)41-29-62(30-41)13-16-69(17-14-62)40-7-8-44(50(25-40)72-49-12-22-80-35-57(49)84-61-52(72)24-38-9-15-65-59(38)67-61)60(74)68-85(77,78)42-26-51(73(75)76)58-56(27-42)82-33-48(66-58)37-10-20-79-21-11-37/h3-9,15,23-28,36-37,41,48-49,53-54,57,66H,10-14,16-22,29-35H2,1-2H3,(H,65,67)(H,68,74)/t48-,49-,53-,54+,57-/m0/s1. The molecule has 0 unspecified atom stereocenters. The zero-order valence-corrected chi connectivity index (χ0v) is 48.3. The second kappa shape index (κ2) is 22.3. The minimum atomic E-state index is -4.74. The molecule has 5 fully saturated rings. The van der Waals surface area contributed by atoms with Crippen LogP contribution in [0.25, 0.3) is 11.0 Å². The van der Waals surface area contributed by atoms with E-state index in [4.69, 9.17) is 33.4 Å². The largest absolute Gasteiger partial charge is 0.491 e. The summed E-state index contributed by atoms with van der Waals surface area (Å²) in [6, 6.07) is 21.9. The van der Waals surface area contributed by atoms with Gasteiger partial charge in [0.15, 0.2) is 23.1 Å². The number of halogens is 2. The van der Waals surface area contributed by atoms with Crippen LogP contribution in [-0.4, -0.2) is 142 Å². The SMILES string of the molecule is CC(C)Oc1ccccc1[C@@H]1CN([C@@H]2COCc3cc(F)c(F)cc32)CCN1C1CC2(CCN(c3ccc(C(=O)NS(=O)(=O)c4cc5c(c([N+](=O)[O-])c4)N[C@H](C4CCOCC4)CO5)c(N4c5cc6cc[nH]c6nc5O[C@H]5COCC[C@@H]54)c3)CC2)C1. The van der Waals surface area contributed by atoms with Crippen molar-refractivity contribution in [1.29, 1.82) is 0 Å². The number of benzene rings is 4. The van der Waals surface area contributed by atoms with Crippen LogP contribution < -0.4 is 34.0 Å². The molecular weight excluding hydrogens is 1120 g/mol. The first-order valence-electron chi connectivity index (χ1n) is 29.7. The highest BCUT2D eigenvalue weighted by Crippen LogP contribution is 2.55. The highest BCUT2D eigenvalue weighted by Gasteiger charge is 2.51. The van der Waals surface area contributed by atoms with Crippen LogP contribution in [0.1, 0.15) is 97.9 Å². The minimum absolute atomic E-state index is 0.00729. The number of hydrogen-bond donors (Lipinski definition) is 3. The van der Waals surface area contributed by atoms with Crippen molar-refractivity contribution in [3.63, 3.8) is 0 Å². The van der Waals surface area contributed by atoms with E-state index in [9.17, 15) is 32.1 Å². The van der Waals surface area contributed by atoms with Crippen LogP contribution in [-0.2, 0) is 30.8 Å². The third-order valence-corrected chi connectivity index (χ3v) is 20.4. The number of rotatable bonds is 12. The molecule has 6 aromatic rings. The molecule has 0 radical (unpaired) electrons. The van der Waals surface area contributed by atoms with Gasteiger partial charge in [0.25, 0.3) is 21.6 Å². The highest BCUT2D eigenvalue weighted by atomic mass is 32.2. The van der Waals surface area contributed by atoms with Crippen LogP contribution in [0.15, 0.2) is 90.0 Å². The number of hydrogen-bond acceptors (Lipinski definition) is 17. The number of para-hydroxylation sites is 1. The Kier molecular flexibility index (Phi) is 14.6. The minimum Gasteiger partial charge on any atom is -0.491 e. The molecule has 1 aliphatic carbocycles. The number of H-pyrrole nitrogens is 1. The van der Waals surface area contributed by atoms with Crippen molar-refractivity contribution < 1.29 is 55.3 Å². The lowest BCUT2D eigenvalue weighted by Gasteiger charge is -2.58. The van der Waals surface area contributed by atoms with Crippen molar-refractivity contribution in [2.75, 3.05) is 87.5 Å². The summed E-state index contributed by atoms with van der Waals surface area (Å²) in [5, 5.41) is 16.7. The van der Waals surface area contributed by atoms with Crippen molar-refractivity contribution in [2.24, 2.45) is 11.3 Å². The molecule has 3 N–H and O–H groups in total. The van der Waals surface area contributed by atoms with Gasteiger partial charge in [-0.15, -0.1) is 0 Å². The Balaban J connectivity index is 0.739. The monoisotopic (exact) mass is 1190 g/mol. The average Bonchev–Trinajstić information content (AvgIpc) is 3.07. The second-order valence-electron chi connectivity index (χ2n) is 24.4. The van der Waals surface area contributed by atoms with E-state index in [1.165, 1.54) is 18.2 Å². The van der Waals surface area contributed by atoms with Gasteiger partial charge in [-0.2, -0.15) is 4.98 Å². The van der Waals surface area contributed by atoms with Gasteiger partial charge >= 0.3 is 0 Å². The molecule has 14 rings (SSSR count). The summed E-state index contributed by atoms with van der Waals surface area (Å²) in [5.41, 5.74) is 4.85. The number of anilines is 4. The number of piperazine rings is 1. The number of aromatic amines is 1. The zero-order valence-electron chi connectivity index (χ0n) is 47.5. The van der Waals surface area contributed by atoms with Crippen LogP contribution in [0, 0.1) is 33.1 Å². The molecular formula is C62H69F2N9O11S. The number of ether oxygens (including phenoxy) is 6. The fourth-order valence-electron chi connectivity index (χ4n) is 14.7. The first-order chi connectivity index (χ1) is 41.2. The Hall–Kier alpha value is -7.15. The van der Waals surface area contributed by atoms with E-state index >= 15 is 0 Å². The molecule has 85 heavy (non-hydrogen) atoms. The fourth-order valence-corrected chi connectivity index (χ4v) is 15.7. The first-order valence-corrected chi connectivity index (χ1v) is 31.2. The van der Waals surface area contributed by atoms with Gasteiger partial charge in [-0.3, -0.25) is 24.7 Å². The van der Waals surface area contributed by atoms with Crippen molar-refractivity contribution >= 4 is 55.4 Å². The van der Waals surface area contributed by atoms with Crippen LogP contribution in [0.2, 0.25) is 0 Å². The van der Waals surface area contributed by atoms with Gasteiger partial charge < -0.3 is 48.5 Å². The summed E-state index contributed by atoms with van der Waals surface area (Å²) in [4.78, 5) is 43.9. The number of carbonyl (C=O) groups excluding carboxylic acids is 1. The van der Waals surface area contributed by atoms with Gasteiger partial charge in [0.2, 0.25) is 5.88 Å². The fraction of sp³-hybridized carbons (Fsp3) is 0.484. The number of nitro benzene ring substituents is 1. The smallest absolute Gasteiger partial charge is 0.297 e. The third-order valence-electron chi connectivity index (χ3n) is 19.1. The maximum Gasteiger partial charge on any atom is 0.297 e. The van der Waals surface area contributed by atoms with Crippen LogP contribution in [0.5, 0.6) is 17.4 Å². The van der Waals surface area contributed by atoms with Gasteiger partial charge in [-0.1, -0.05) is 18.2 Å². The van der Waals surface area contributed by atoms with E-state index < -0.39 is 49.2 Å². The predicted octanol–water partition coefficient (Wildman–Crippen LogP) is 9.32. The normalized spacial score (nSPS) is 24.5. The lowest BCUT2D eigenvalue weighted by molar-refractivity contribution is -0.384. The number of aromatic nitrogens is 2. The highest BCUT2D eigenvalue weighted by molar-refractivity contribution is 7.90. The summed E-state index contributed by atoms with van der Waals surface area (Å²) in [6.07, 6.45) is 7.18. The Morgan fingerprint density at radius 3 is 2.48 bits per heavy atom. The van der Waals surface area contributed by atoms with Gasteiger partial charge in [-0.25, -0.2) is 21.9 Å². The van der Waals surface area contributed by atoms with E-state index in [-0.39, 0.29) is 78.4 Å². The third kappa shape index (κ3) is 10.5. The molecule has 23 heteroatoms. The predicted molar refractivity (Wildman–Crippen MR) is 311 cm³/mol. The van der Waals surface area contributed by atoms with Gasteiger partial charge in [0, 0.05) is 93.6 Å². The number of amides is 1. The molecule has 8 aliphatic rings. The van der Waals surface area contributed by atoms with Gasteiger partial charge in [0.1, 0.15) is 29.8 Å². The van der Waals surface area contributed by atoms with Gasteiger partial charge in [0.05, 0.1) is 71.2 Å². The molecule has 1 amide bonds. The molecule has 448 valence electrons. The van der Waals surface area contributed by atoms with Crippen molar-refractivity contribution in [3.05, 3.63) is 129 Å². The number of nitrogens with zero attached hydrogens (tertiary/aromatic N) is 6. The Labute approximate surface area is 491 Å². The van der Waals surface area contributed by atoms with E-state index in [1.54, 1.807) is 12.3 Å². The number of nitrogens with one attached hydrogen (secondary N) is 3. The van der Waals surface area contributed by atoms with Crippen LogP contribution in [0.4, 0.5) is 37.2 Å². The second-order valence-corrected chi connectivity index (χ2v) is 26.1. The van der Waals surface area contributed by atoms with Gasteiger partial charge in [-0.05, 0) is 130 Å². The zero-order chi connectivity index (χ0) is 58.3. The number of fused-ring (bicyclic) bond motifs is 5. The van der Waals surface area contributed by atoms with E-state index in [1.807, 2.05) is 50.2 Å². The molecule has 4 saturated heterocycles. The molecule has 7 aliphatic heterocycles. The molecule has 2 aromatic heterocycles. The lowest BCUT2D eigenvalue weighted by Crippen LogP contribution is -2.60.